The molecule has 3 nitrogen and oxygen atoms in total. The number of esters is 1. The van der Waals surface area contributed by atoms with Crippen LogP contribution < -0.4 is 0 Å². The molecule has 0 spiro atoms. The summed E-state index contributed by atoms with van der Waals surface area (Å²) < 4.78 is 9.99. The van der Waals surface area contributed by atoms with Crippen molar-refractivity contribution in [3.8, 4) is 0 Å². The molecule has 0 saturated carbocycles. The quantitative estimate of drug-likeness (QED) is 0.512. The number of carbonyl (C=O) groups is 1. The number of carbonyl (C=O) groups excluding carboxylic acids is 1. The summed E-state index contributed by atoms with van der Waals surface area (Å²) in [5, 5.41) is 0.599. The Morgan fingerprint density at radius 1 is 1.82 bits per heavy atom. The third-order valence-electron chi connectivity index (χ3n) is 1.48. The van der Waals surface area contributed by atoms with E-state index in [1.165, 1.54) is 6.08 Å². The molecule has 62 valence electrons. The van der Waals surface area contributed by atoms with E-state index >= 15 is 0 Å². The predicted octanol–water partition coefficient (Wildman–Crippen LogP) is 0.878. The largest absolute Gasteiger partial charge is 0.455 e. The van der Waals surface area contributed by atoms with E-state index in [0.29, 0.717) is 5.33 Å². The zero-order chi connectivity index (χ0) is 8.27. The Morgan fingerprint density at radius 3 is 3.09 bits per heavy atom. The van der Waals surface area contributed by atoms with Gasteiger partial charge < -0.3 is 9.47 Å². The lowest BCUT2D eigenvalue weighted by Gasteiger charge is -2.24. The molecule has 0 aromatic carbocycles. The van der Waals surface area contributed by atoms with Crippen LogP contribution >= 0.6 is 15.9 Å². The molecule has 0 bridgehead atoms. The summed E-state index contributed by atoms with van der Waals surface area (Å²) in [5.41, 5.74) is 0. The molecule has 1 aliphatic heterocycles. The van der Waals surface area contributed by atoms with Gasteiger partial charge in [-0.15, -0.1) is 0 Å². The van der Waals surface area contributed by atoms with Crippen LogP contribution in [-0.2, 0) is 14.3 Å². The van der Waals surface area contributed by atoms with Crippen LogP contribution in [-0.4, -0.2) is 30.6 Å². The minimum absolute atomic E-state index is 0.118. The Hall–Kier alpha value is -0.350. The smallest absolute Gasteiger partial charge is 0.330 e. The van der Waals surface area contributed by atoms with Gasteiger partial charge in [-0.3, -0.25) is 0 Å². The molecule has 0 aliphatic carbocycles. The van der Waals surface area contributed by atoms with Crippen LogP contribution in [0.1, 0.15) is 0 Å². The lowest BCUT2D eigenvalue weighted by molar-refractivity contribution is -0.148. The first-order chi connectivity index (χ1) is 5.27. The zero-order valence-corrected chi connectivity index (χ0v) is 7.71. The van der Waals surface area contributed by atoms with Gasteiger partial charge in [0.2, 0.25) is 0 Å². The fourth-order valence-electron chi connectivity index (χ4n) is 0.903. The maximum absolute atomic E-state index is 10.7. The van der Waals surface area contributed by atoms with Gasteiger partial charge in [-0.25, -0.2) is 4.79 Å². The van der Waals surface area contributed by atoms with Crippen molar-refractivity contribution in [3.63, 3.8) is 0 Å². The topological polar surface area (TPSA) is 35.5 Å². The van der Waals surface area contributed by atoms with Gasteiger partial charge in [-0.1, -0.05) is 15.9 Å². The molecular weight excluding hydrogens is 212 g/mol. The first-order valence-corrected chi connectivity index (χ1v) is 4.37. The Bertz CT molecular complexity index is 179. The van der Waals surface area contributed by atoms with E-state index in [2.05, 4.69) is 15.9 Å². The number of alkyl halides is 1. The second-order valence-corrected chi connectivity index (χ2v) is 2.84. The van der Waals surface area contributed by atoms with Crippen LogP contribution in [0, 0.1) is 0 Å². The maximum Gasteiger partial charge on any atom is 0.330 e. The van der Waals surface area contributed by atoms with E-state index in [9.17, 15) is 4.79 Å². The highest BCUT2D eigenvalue weighted by molar-refractivity contribution is 9.09. The van der Waals surface area contributed by atoms with E-state index in [1.807, 2.05) is 0 Å². The van der Waals surface area contributed by atoms with Crippen molar-refractivity contribution >= 4 is 21.9 Å². The Balaban J connectivity index is 2.63. The van der Waals surface area contributed by atoms with Crippen LogP contribution in [0.5, 0.6) is 0 Å². The summed E-state index contributed by atoms with van der Waals surface area (Å²) in [6.07, 6.45) is 2.77. The lowest BCUT2D eigenvalue weighted by Crippen LogP contribution is -2.35. The van der Waals surface area contributed by atoms with Gasteiger partial charge in [0.05, 0.1) is 0 Å². The number of cyclic esters (lactones) is 1. The third kappa shape index (κ3) is 2.04. The first-order valence-electron chi connectivity index (χ1n) is 3.25. The first kappa shape index (κ1) is 8.74. The number of methoxy groups -OCH3 is 1. The van der Waals surface area contributed by atoms with Crippen LogP contribution in [0.15, 0.2) is 12.2 Å². The molecule has 2 atom stereocenters. The Labute approximate surface area is 73.5 Å². The fraction of sp³-hybridized carbons (Fsp3) is 0.571. The molecule has 0 amide bonds. The van der Waals surface area contributed by atoms with Crippen molar-refractivity contribution in [2.24, 2.45) is 0 Å². The van der Waals surface area contributed by atoms with Crippen LogP contribution in [0.25, 0.3) is 0 Å². The number of rotatable bonds is 2. The monoisotopic (exact) mass is 220 g/mol. The molecule has 1 heterocycles. The average Bonchev–Trinajstić information content (AvgIpc) is 2.04. The molecule has 0 aromatic rings. The van der Waals surface area contributed by atoms with E-state index in [-0.39, 0.29) is 18.2 Å². The summed E-state index contributed by atoms with van der Waals surface area (Å²) in [5.74, 6) is -0.303. The van der Waals surface area contributed by atoms with Gasteiger partial charge >= 0.3 is 5.97 Å². The Morgan fingerprint density at radius 2 is 2.55 bits per heavy atom. The molecule has 0 N–H and O–H groups in total. The van der Waals surface area contributed by atoms with E-state index < -0.39 is 0 Å². The highest BCUT2D eigenvalue weighted by Crippen LogP contribution is 2.13. The van der Waals surface area contributed by atoms with Gasteiger partial charge in [0.25, 0.3) is 0 Å². The minimum atomic E-state index is -0.303. The summed E-state index contributed by atoms with van der Waals surface area (Å²) in [6, 6.07) is 0. The van der Waals surface area contributed by atoms with Crippen molar-refractivity contribution in [2.75, 3.05) is 12.4 Å². The standard InChI is InChI=1S/C7H9BrO3/c1-10-5-2-3-7(9)11-6(5)4-8/h2-3,5-6H,4H2,1H3. The Kier molecular flexibility index (Phi) is 3.08. The molecule has 0 fully saturated rings. The van der Waals surface area contributed by atoms with Crippen LogP contribution in [0.3, 0.4) is 0 Å². The zero-order valence-electron chi connectivity index (χ0n) is 6.12. The number of ether oxygens (including phenoxy) is 2. The average molecular weight is 221 g/mol. The van der Waals surface area contributed by atoms with Gasteiger partial charge in [0, 0.05) is 18.5 Å². The summed E-state index contributed by atoms with van der Waals surface area (Å²) >= 11 is 3.23. The number of hydrogen-bond donors (Lipinski definition) is 0. The van der Waals surface area contributed by atoms with E-state index in [0.717, 1.165) is 0 Å². The molecule has 1 aliphatic rings. The van der Waals surface area contributed by atoms with Crippen molar-refractivity contribution in [2.45, 2.75) is 12.2 Å². The highest BCUT2D eigenvalue weighted by atomic mass is 79.9. The normalized spacial score (nSPS) is 30.2. The molecule has 1 rings (SSSR count). The SMILES string of the molecule is COC1C=CC(=O)OC1CBr. The summed E-state index contributed by atoms with van der Waals surface area (Å²) in [4.78, 5) is 10.7. The molecule has 11 heavy (non-hydrogen) atoms. The van der Waals surface area contributed by atoms with Crippen molar-refractivity contribution < 1.29 is 14.3 Å². The molecule has 2 unspecified atom stereocenters. The molecule has 0 radical (unpaired) electrons. The third-order valence-corrected chi connectivity index (χ3v) is 2.12. The second kappa shape index (κ2) is 3.88. The van der Waals surface area contributed by atoms with Gasteiger partial charge in [0.15, 0.2) is 0 Å². The van der Waals surface area contributed by atoms with Gasteiger partial charge in [0.1, 0.15) is 12.2 Å². The highest BCUT2D eigenvalue weighted by Gasteiger charge is 2.24. The van der Waals surface area contributed by atoms with Gasteiger partial charge in [-0.05, 0) is 6.08 Å². The molecule has 4 heteroatoms. The van der Waals surface area contributed by atoms with Crippen molar-refractivity contribution in [1.29, 1.82) is 0 Å². The maximum atomic E-state index is 10.7. The van der Waals surface area contributed by atoms with Crippen LogP contribution in [0.4, 0.5) is 0 Å². The number of hydrogen-bond acceptors (Lipinski definition) is 3. The van der Waals surface area contributed by atoms with E-state index in [1.54, 1.807) is 13.2 Å². The minimum Gasteiger partial charge on any atom is -0.455 e. The molecular formula is C7H9BrO3. The lowest BCUT2D eigenvalue weighted by atomic mass is 10.2. The van der Waals surface area contributed by atoms with Crippen LogP contribution in [0.2, 0.25) is 0 Å². The second-order valence-electron chi connectivity index (χ2n) is 2.19. The van der Waals surface area contributed by atoms with E-state index in [4.69, 9.17) is 9.47 Å². The number of halogens is 1. The predicted molar refractivity (Wildman–Crippen MR) is 43.6 cm³/mol. The molecule has 0 saturated heterocycles. The molecule has 0 aromatic heterocycles. The fourth-order valence-corrected chi connectivity index (χ4v) is 1.40. The van der Waals surface area contributed by atoms with Crippen molar-refractivity contribution in [3.05, 3.63) is 12.2 Å². The summed E-state index contributed by atoms with van der Waals surface area (Å²) in [7, 11) is 1.59. The summed E-state index contributed by atoms with van der Waals surface area (Å²) in [6.45, 7) is 0. The van der Waals surface area contributed by atoms with Crippen molar-refractivity contribution in [1.82, 2.24) is 0 Å². The van der Waals surface area contributed by atoms with Gasteiger partial charge in [-0.2, -0.15) is 0 Å².